The van der Waals surface area contributed by atoms with Crippen molar-refractivity contribution in [2.24, 2.45) is 0 Å². The lowest BCUT2D eigenvalue weighted by molar-refractivity contribution is 0.375. The highest BCUT2D eigenvalue weighted by Gasteiger charge is 2.09. The van der Waals surface area contributed by atoms with E-state index in [1.165, 1.54) is 10.9 Å². The second kappa shape index (κ2) is 5.16. The van der Waals surface area contributed by atoms with Crippen LogP contribution in [0.5, 0.6) is 0 Å². The maximum Gasteiger partial charge on any atom is 0.261 e. The van der Waals surface area contributed by atoms with Gasteiger partial charge in [-0.25, -0.2) is 4.98 Å². The van der Waals surface area contributed by atoms with Crippen LogP contribution in [0, 0.1) is 0 Å². The number of nitrogens with zero attached hydrogens (tertiary/aromatic N) is 4. The molecule has 0 atom stereocenters. The molecule has 7 heteroatoms. The van der Waals surface area contributed by atoms with Crippen molar-refractivity contribution in [2.75, 3.05) is 0 Å². The molecule has 3 rings (SSSR count). The van der Waals surface area contributed by atoms with Gasteiger partial charge in [0.15, 0.2) is 5.82 Å². The molecular weight excluding hydrogens is 324 g/mol. The minimum Gasteiger partial charge on any atom is -0.339 e. The van der Waals surface area contributed by atoms with Crippen LogP contribution in [0.2, 0.25) is 0 Å². The molecule has 20 heavy (non-hydrogen) atoms. The Morgan fingerprint density at radius 2 is 2.25 bits per heavy atom. The lowest BCUT2D eigenvalue weighted by atomic mass is 10.2. The molecule has 0 aliphatic heterocycles. The van der Waals surface area contributed by atoms with Gasteiger partial charge in [0.25, 0.3) is 5.56 Å². The van der Waals surface area contributed by atoms with Crippen LogP contribution >= 0.6 is 15.9 Å². The van der Waals surface area contributed by atoms with Gasteiger partial charge >= 0.3 is 0 Å². The molecule has 2 aromatic heterocycles. The van der Waals surface area contributed by atoms with E-state index in [4.69, 9.17) is 4.52 Å². The SMILES string of the molecule is CCc1nc(Cn2cnc3cc(Br)ccc3c2=O)no1. The third kappa shape index (κ3) is 2.36. The highest BCUT2D eigenvalue weighted by Crippen LogP contribution is 2.15. The van der Waals surface area contributed by atoms with Crippen molar-refractivity contribution in [2.45, 2.75) is 19.9 Å². The third-order valence-electron chi connectivity index (χ3n) is 2.91. The fraction of sp³-hybridized carbons (Fsp3) is 0.231. The maximum absolute atomic E-state index is 12.3. The lowest BCUT2D eigenvalue weighted by Crippen LogP contribution is -2.21. The summed E-state index contributed by atoms with van der Waals surface area (Å²) >= 11 is 3.36. The number of hydrogen-bond acceptors (Lipinski definition) is 5. The molecular formula is C13H11BrN4O2. The summed E-state index contributed by atoms with van der Waals surface area (Å²) in [6.45, 7) is 2.18. The number of benzene rings is 1. The molecule has 102 valence electrons. The molecule has 0 aliphatic carbocycles. The summed E-state index contributed by atoms with van der Waals surface area (Å²) < 4.78 is 7.39. The Hall–Kier alpha value is -2.02. The maximum atomic E-state index is 12.3. The number of aryl methyl sites for hydroxylation is 1. The highest BCUT2D eigenvalue weighted by atomic mass is 79.9. The molecule has 0 spiro atoms. The Balaban J connectivity index is 2.02. The molecule has 0 unspecified atom stereocenters. The van der Waals surface area contributed by atoms with Gasteiger partial charge in [-0.1, -0.05) is 28.0 Å². The number of rotatable bonds is 3. The van der Waals surface area contributed by atoms with Crippen LogP contribution in [0.15, 0.2) is 38.3 Å². The first kappa shape index (κ1) is 13.0. The zero-order valence-electron chi connectivity index (χ0n) is 10.7. The summed E-state index contributed by atoms with van der Waals surface area (Å²) in [4.78, 5) is 20.8. The molecule has 0 N–H and O–H groups in total. The number of hydrogen-bond donors (Lipinski definition) is 0. The predicted octanol–water partition coefficient (Wildman–Crippen LogP) is 2.15. The molecule has 0 bridgehead atoms. The summed E-state index contributed by atoms with van der Waals surface area (Å²) in [7, 11) is 0. The van der Waals surface area contributed by atoms with Gasteiger partial charge in [0.2, 0.25) is 5.89 Å². The van der Waals surface area contributed by atoms with E-state index in [0.29, 0.717) is 29.0 Å². The van der Waals surface area contributed by atoms with Crippen LogP contribution in [-0.4, -0.2) is 19.7 Å². The molecule has 0 saturated carbocycles. The smallest absolute Gasteiger partial charge is 0.261 e. The van der Waals surface area contributed by atoms with E-state index in [0.717, 1.165) is 4.47 Å². The van der Waals surface area contributed by atoms with Crippen molar-refractivity contribution in [3.63, 3.8) is 0 Å². The van der Waals surface area contributed by atoms with Crippen LogP contribution < -0.4 is 5.56 Å². The first-order valence-corrected chi connectivity index (χ1v) is 6.93. The number of fused-ring (bicyclic) bond motifs is 1. The first-order chi connectivity index (χ1) is 9.67. The standard InChI is InChI=1S/C13H11BrN4O2/c1-2-12-16-11(17-20-12)6-18-7-15-10-5-8(14)3-4-9(10)13(18)19/h3-5,7H,2,6H2,1H3. The molecule has 0 fully saturated rings. The van der Waals surface area contributed by atoms with Gasteiger partial charge in [-0.15, -0.1) is 0 Å². The molecule has 2 heterocycles. The minimum atomic E-state index is -0.120. The van der Waals surface area contributed by atoms with Crippen LogP contribution in [0.4, 0.5) is 0 Å². The van der Waals surface area contributed by atoms with Crippen LogP contribution in [-0.2, 0) is 13.0 Å². The number of halogens is 1. The van der Waals surface area contributed by atoms with E-state index >= 15 is 0 Å². The van der Waals surface area contributed by atoms with E-state index in [-0.39, 0.29) is 12.1 Å². The summed E-state index contributed by atoms with van der Waals surface area (Å²) in [5.41, 5.74) is 0.535. The van der Waals surface area contributed by atoms with Gasteiger partial charge in [-0.2, -0.15) is 4.98 Å². The van der Waals surface area contributed by atoms with Gasteiger partial charge in [0.05, 0.1) is 23.8 Å². The van der Waals surface area contributed by atoms with Crippen LogP contribution in [0.3, 0.4) is 0 Å². The van der Waals surface area contributed by atoms with Crippen molar-refractivity contribution in [3.05, 3.63) is 51.1 Å². The topological polar surface area (TPSA) is 73.8 Å². The van der Waals surface area contributed by atoms with E-state index in [9.17, 15) is 4.79 Å². The van der Waals surface area contributed by atoms with Crippen molar-refractivity contribution in [3.8, 4) is 0 Å². The second-order valence-electron chi connectivity index (χ2n) is 4.30. The van der Waals surface area contributed by atoms with Crippen LogP contribution in [0.1, 0.15) is 18.6 Å². The average Bonchev–Trinajstić information content (AvgIpc) is 2.89. The molecule has 6 nitrogen and oxygen atoms in total. The molecule has 3 aromatic rings. The summed E-state index contributed by atoms with van der Waals surface area (Å²) in [5, 5.41) is 4.40. The van der Waals surface area contributed by atoms with Gasteiger partial charge in [-0.05, 0) is 18.2 Å². The van der Waals surface area contributed by atoms with Crippen molar-refractivity contribution in [1.82, 2.24) is 19.7 Å². The molecule has 0 aliphatic rings. The fourth-order valence-corrected chi connectivity index (χ4v) is 2.24. The third-order valence-corrected chi connectivity index (χ3v) is 3.40. The summed E-state index contributed by atoms with van der Waals surface area (Å²) in [6, 6.07) is 5.38. The van der Waals surface area contributed by atoms with Gasteiger partial charge in [0, 0.05) is 10.9 Å². The van der Waals surface area contributed by atoms with Crippen molar-refractivity contribution in [1.29, 1.82) is 0 Å². The Labute approximate surface area is 122 Å². The van der Waals surface area contributed by atoms with Crippen molar-refractivity contribution < 1.29 is 4.52 Å². The molecule has 1 aromatic carbocycles. The van der Waals surface area contributed by atoms with Crippen LogP contribution in [0.25, 0.3) is 10.9 Å². The monoisotopic (exact) mass is 334 g/mol. The summed E-state index contributed by atoms with van der Waals surface area (Å²) in [6.07, 6.45) is 2.17. The molecule has 0 radical (unpaired) electrons. The van der Waals surface area contributed by atoms with Gasteiger partial charge in [0.1, 0.15) is 0 Å². The Morgan fingerprint density at radius 1 is 1.40 bits per heavy atom. The quantitative estimate of drug-likeness (QED) is 0.733. The zero-order valence-corrected chi connectivity index (χ0v) is 12.3. The number of aromatic nitrogens is 4. The van der Waals surface area contributed by atoms with Crippen molar-refractivity contribution >= 4 is 26.8 Å². The zero-order chi connectivity index (χ0) is 14.1. The Kier molecular flexibility index (Phi) is 3.35. The highest BCUT2D eigenvalue weighted by molar-refractivity contribution is 9.10. The average molecular weight is 335 g/mol. The van der Waals surface area contributed by atoms with E-state index in [2.05, 4.69) is 31.1 Å². The largest absolute Gasteiger partial charge is 0.339 e. The first-order valence-electron chi connectivity index (χ1n) is 6.13. The lowest BCUT2D eigenvalue weighted by Gasteiger charge is -2.03. The van der Waals surface area contributed by atoms with E-state index in [1.54, 1.807) is 6.07 Å². The Bertz CT molecular complexity index is 825. The van der Waals surface area contributed by atoms with Gasteiger partial charge in [-0.3, -0.25) is 9.36 Å². The molecule has 0 amide bonds. The molecule has 0 saturated heterocycles. The van der Waals surface area contributed by atoms with E-state index < -0.39 is 0 Å². The normalized spacial score (nSPS) is 11.1. The van der Waals surface area contributed by atoms with E-state index in [1.807, 2.05) is 19.1 Å². The Morgan fingerprint density at radius 3 is 3.00 bits per heavy atom. The fourth-order valence-electron chi connectivity index (χ4n) is 1.89. The van der Waals surface area contributed by atoms with Gasteiger partial charge < -0.3 is 4.52 Å². The second-order valence-corrected chi connectivity index (χ2v) is 5.21. The summed E-state index contributed by atoms with van der Waals surface area (Å²) in [5.74, 6) is 1.04. The minimum absolute atomic E-state index is 0.120. The predicted molar refractivity (Wildman–Crippen MR) is 76.5 cm³/mol.